The Balaban J connectivity index is 1.86. The fourth-order valence-corrected chi connectivity index (χ4v) is 2.83. The number of aromatic nitrogens is 3. The zero-order chi connectivity index (χ0) is 18.0. The second-order valence-electron chi connectivity index (χ2n) is 6.02. The second kappa shape index (κ2) is 6.84. The first kappa shape index (κ1) is 17.4. The van der Waals surface area contributed by atoms with Crippen LogP contribution >= 0.6 is 15.9 Å². The molecule has 0 unspecified atom stereocenters. The Kier molecular flexibility index (Phi) is 4.76. The van der Waals surface area contributed by atoms with Crippen LogP contribution < -0.4 is 5.32 Å². The number of halogens is 3. The molecule has 0 aliphatic heterocycles. The number of anilines is 1. The molecule has 0 saturated carbocycles. The lowest BCUT2D eigenvalue weighted by Crippen LogP contribution is -2.30. The molecule has 4 nitrogen and oxygen atoms in total. The van der Waals surface area contributed by atoms with E-state index in [1.54, 1.807) is 30.3 Å². The molecule has 0 fully saturated rings. The minimum atomic E-state index is -0.741. The molecule has 7 heteroatoms. The Bertz CT molecular complexity index is 898. The summed E-state index contributed by atoms with van der Waals surface area (Å²) in [4.78, 5) is 4.18. The van der Waals surface area contributed by atoms with Gasteiger partial charge in [0, 0.05) is 15.6 Å². The monoisotopic (exact) mass is 404 g/mol. The highest BCUT2D eigenvalue weighted by molar-refractivity contribution is 9.10. The van der Waals surface area contributed by atoms with Gasteiger partial charge in [0.25, 0.3) is 0 Å². The highest BCUT2D eigenvalue weighted by Gasteiger charge is 2.24. The van der Waals surface area contributed by atoms with Crippen LogP contribution in [0.1, 0.15) is 19.4 Å². The van der Waals surface area contributed by atoms with Gasteiger partial charge < -0.3 is 5.32 Å². The van der Waals surface area contributed by atoms with Gasteiger partial charge in [-0.2, -0.15) is 0 Å². The van der Waals surface area contributed by atoms with Crippen LogP contribution in [0.15, 0.2) is 53.1 Å². The Morgan fingerprint density at radius 1 is 1.00 bits per heavy atom. The van der Waals surface area contributed by atoms with E-state index in [0.717, 1.165) is 4.47 Å². The third kappa shape index (κ3) is 3.82. The molecule has 0 amide bonds. The molecular weight excluding hydrogens is 390 g/mol. The topological polar surface area (TPSA) is 50.7 Å². The molecule has 0 atom stereocenters. The summed E-state index contributed by atoms with van der Waals surface area (Å²) in [5, 5.41) is 11.1. The summed E-state index contributed by atoms with van der Waals surface area (Å²) in [6.45, 7) is 3.63. The van der Waals surface area contributed by atoms with Crippen molar-refractivity contribution < 1.29 is 8.78 Å². The summed E-state index contributed by atoms with van der Waals surface area (Å²) in [7, 11) is 0. The molecule has 0 saturated heterocycles. The molecule has 3 aromatic rings. The van der Waals surface area contributed by atoms with E-state index in [2.05, 4.69) is 36.4 Å². The van der Waals surface area contributed by atoms with Crippen molar-refractivity contribution in [2.75, 3.05) is 5.32 Å². The third-order valence-electron chi connectivity index (χ3n) is 3.74. The van der Waals surface area contributed by atoms with E-state index in [0.29, 0.717) is 16.8 Å². The summed E-state index contributed by atoms with van der Waals surface area (Å²) < 4.78 is 28.7. The predicted molar refractivity (Wildman–Crippen MR) is 96.0 cm³/mol. The van der Waals surface area contributed by atoms with Crippen LogP contribution in [0.25, 0.3) is 11.3 Å². The SMILES string of the molecule is CC(C)(Nc1ncc(-c2cc(Br)ccc2F)nn1)c1ccccc1F. The van der Waals surface area contributed by atoms with Gasteiger partial charge in [-0.25, -0.2) is 13.8 Å². The molecule has 0 aliphatic carbocycles. The highest BCUT2D eigenvalue weighted by atomic mass is 79.9. The van der Waals surface area contributed by atoms with Gasteiger partial charge in [0.1, 0.15) is 17.3 Å². The Morgan fingerprint density at radius 2 is 1.76 bits per heavy atom. The van der Waals surface area contributed by atoms with Crippen LogP contribution in [0.5, 0.6) is 0 Å². The maximum Gasteiger partial charge on any atom is 0.243 e. The van der Waals surface area contributed by atoms with Gasteiger partial charge in [-0.3, -0.25) is 0 Å². The van der Waals surface area contributed by atoms with Gasteiger partial charge in [-0.1, -0.05) is 34.1 Å². The summed E-state index contributed by atoms with van der Waals surface area (Å²) in [5.41, 5.74) is 0.360. The Hall–Kier alpha value is -2.41. The van der Waals surface area contributed by atoms with Gasteiger partial charge >= 0.3 is 0 Å². The van der Waals surface area contributed by atoms with Crippen LogP contribution in [0.4, 0.5) is 14.7 Å². The largest absolute Gasteiger partial charge is 0.344 e. The van der Waals surface area contributed by atoms with E-state index in [4.69, 9.17) is 0 Å². The van der Waals surface area contributed by atoms with E-state index in [1.807, 2.05) is 13.8 Å². The summed E-state index contributed by atoms with van der Waals surface area (Å²) in [5.74, 6) is -0.500. The van der Waals surface area contributed by atoms with Crippen molar-refractivity contribution in [1.82, 2.24) is 15.2 Å². The van der Waals surface area contributed by atoms with E-state index < -0.39 is 11.4 Å². The first-order valence-corrected chi connectivity index (χ1v) is 8.34. The molecule has 0 bridgehead atoms. The number of benzene rings is 2. The van der Waals surface area contributed by atoms with E-state index in [1.165, 1.54) is 18.3 Å². The van der Waals surface area contributed by atoms with Crippen LogP contribution in [0, 0.1) is 11.6 Å². The van der Waals surface area contributed by atoms with Gasteiger partial charge in [-0.15, -0.1) is 10.2 Å². The van der Waals surface area contributed by atoms with Crippen molar-refractivity contribution in [3.8, 4) is 11.3 Å². The number of hydrogen-bond acceptors (Lipinski definition) is 4. The second-order valence-corrected chi connectivity index (χ2v) is 6.94. The first-order valence-electron chi connectivity index (χ1n) is 7.55. The van der Waals surface area contributed by atoms with Crippen LogP contribution in [-0.4, -0.2) is 15.2 Å². The van der Waals surface area contributed by atoms with Crippen molar-refractivity contribution in [3.05, 3.63) is 70.3 Å². The van der Waals surface area contributed by atoms with E-state index in [9.17, 15) is 8.78 Å². The molecule has 1 N–H and O–H groups in total. The van der Waals surface area contributed by atoms with Crippen molar-refractivity contribution in [3.63, 3.8) is 0 Å². The lowest BCUT2D eigenvalue weighted by atomic mass is 9.94. The zero-order valence-electron chi connectivity index (χ0n) is 13.6. The van der Waals surface area contributed by atoms with Crippen LogP contribution in [0.3, 0.4) is 0 Å². The molecule has 128 valence electrons. The molecule has 0 aliphatic rings. The predicted octanol–water partition coefficient (Wildman–Crippen LogP) is 4.93. The fourth-order valence-electron chi connectivity index (χ4n) is 2.46. The molecule has 1 heterocycles. The van der Waals surface area contributed by atoms with Crippen molar-refractivity contribution in [2.24, 2.45) is 0 Å². The average molecular weight is 405 g/mol. The standard InChI is InChI=1S/C18H15BrF2N4/c1-18(2,13-5-3-4-6-15(13)21)23-17-22-10-16(24-25-17)12-9-11(19)7-8-14(12)20/h3-10H,1-2H3,(H,22,23,25). The van der Waals surface area contributed by atoms with Crippen LogP contribution in [-0.2, 0) is 5.54 Å². The maximum absolute atomic E-state index is 14.0. The molecule has 1 aromatic heterocycles. The van der Waals surface area contributed by atoms with Crippen molar-refractivity contribution in [1.29, 1.82) is 0 Å². The van der Waals surface area contributed by atoms with Gasteiger partial charge in [0.2, 0.25) is 5.95 Å². The normalized spacial score (nSPS) is 11.4. The minimum Gasteiger partial charge on any atom is -0.344 e. The lowest BCUT2D eigenvalue weighted by molar-refractivity contribution is 0.529. The summed E-state index contributed by atoms with van der Waals surface area (Å²) >= 11 is 3.30. The van der Waals surface area contributed by atoms with Gasteiger partial charge in [-0.05, 0) is 38.1 Å². The number of nitrogens with zero attached hydrogens (tertiary/aromatic N) is 3. The molecular formula is C18H15BrF2N4. The van der Waals surface area contributed by atoms with Crippen LogP contribution in [0.2, 0.25) is 0 Å². The fraction of sp³-hybridized carbons (Fsp3) is 0.167. The Labute approximate surface area is 152 Å². The third-order valence-corrected chi connectivity index (χ3v) is 4.23. The average Bonchev–Trinajstić information content (AvgIpc) is 2.58. The first-order chi connectivity index (χ1) is 11.9. The molecule has 0 radical (unpaired) electrons. The van der Waals surface area contributed by atoms with E-state index >= 15 is 0 Å². The zero-order valence-corrected chi connectivity index (χ0v) is 15.2. The van der Waals surface area contributed by atoms with Crippen molar-refractivity contribution >= 4 is 21.9 Å². The number of rotatable bonds is 4. The molecule has 0 spiro atoms. The smallest absolute Gasteiger partial charge is 0.243 e. The quantitative estimate of drug-likeness (QED) is 0.669. The summed E-state index contributed by atoms with van der Waals surface area (Å²) in [6.07, 6.45) is 1.43. The van der Waals surface area contributed by atoms with Gasteiger partial charge in [0.05, 0.1) is 11.7 Å². The summed E-state index contributed by atoms with van der Waals surface area (Å²) in [6, 6.07) is 11.0. The molecule has 2 aromatic carbocycles. The maximum atomic E-state index is 14.0. The van der Waals surface area contributed by atoms with Crippen molar-refractivity contribution in [2.45, 2.75) is 19.4 Å². The van der Waals surface area contributed by atoms with Gasteiger partial charge in [0.15, 0.2) is 0 Å². The highest BCUT2D eigenvalue weighted by Crippen LogP contribution is 2.27. The lowest BCUT2D eigenvalue weighted by Gasteiger charge is -2.27. The number of hydrogen-bond donors (Lipinski definition) is 1. The molecule has 25 heavy (non-hydrogen) atoms. The molecule has 3 rings (SSSR count). The minimum absolute atomic E-state index is 0.229. The number of nitrogens with one attached hydrogen (secondary N) is 1. The van der Waals surface area contributed by atoms with E-state index in [-0.39, 0.29) is 11.8 Å². The Morgan fingerprint density at radius 3 is 2.44 bits per heavy atom.